The predicted molar refractivity (Wildman–Crippen MR) is 40.4 cm³/mol. The summed E-state index contributed by atoms with van der Waals surface area (Å²) in [4.78, 5) is 11.4. The Bertz CT molecular complexity index is 318. The van der Waals surface area contributed by atoms with Gasteiger partial charge in [-0.15, -0.1) is 0 Å². The van der Waals surface area contributed by atoms with Gasteiger partial charge < -0.3 is 4.74 Å². The SMILES string of the molecule is COc1nc(C)nc(NC#N)n1. The maximum atomic E-state index is 8.27. The fourth-order valence-electron chi connectivity index (χ4n) is 0.654. The van der Waals surface area contributed by atoms with Gasteiger partial charge in [-0.05, 0) is 6.92 Å². The van der Waals surface area contributed by atoms with Crippen LogP contribution in [0.25, 0.3) is 0 Å². The fraction of sp³-hybridized carbons (Fsp3) is 0.333. The second kappa shape index (κ2) is 3.48. The number of anilines is 1. The molecule has 1 N–H and O–H groups in total. The summed E-state index contributed by atoms with van der Waals surface area (Å²) >= 11 is 0. The van der Waals surface area contributed by atoms with Crippen LogP contribution in [0.4, 0.5) is 5.95 Å². The maximum Gasteiger partial charge on any atom is 0.321 e. The molecule has 1 heterocycles. The van der Waals surface area contributed by atoms with E-state index in [-0.39, 0.29) is 12.0 Å². The lowest BCUT2D eigenvalue weighted by Gasteiger charge is -2.00. The van der Waals surface area contributed by atoms with Crippen LogP contribution in [0.2, 0.25) is 0 Å². The van der Waals surface area contributed by atoms with Crippen LogP contribution in [0.1, 0.15) is 5.82 Å². The number of nitrogens with one attached hydrogen (secondary N) is 1. The first kappa shape index (κ1) is 8.20. The van der Waals surface area contributed by atoms with Crippen LogP contribution in [0.5, 0.6) is 6.01 Å². The molecule has 12 heavy (non-hydrogen) atoms. The number of rotatable bonds is 2. The molecule has 1 aromatic rings. The molecule has 6 heteroatoms. The highest BCUT2D eigenvalue weighted by molar-refractivity contribution is 5.30. The molecule has 0 saturated heterocycles. The molecule has 0 spiro atoms. The smallest absolute Gasteiger partial charge is 0.321 e. The van der Waals surface area contributed by atoms with E-state index in [4.69, 9.17) is 10.00 Å². The van der Waals surface area contributed by atoms with Crippen molar-refractivity contribution < 1.29 is 4.74 Å². The van der Waals surface area contributed by atoms with E-state index in [1.165, 1.54) is 7.11 Å². The molecule has 0 aliphatic heterocycles. The average Bonchev–Trinajstić information content (AvgIpc) is 2.04. The third kappa shape index (κ3) is 1.79. The summed E-state index contributed by atoms with van der Waals surface area (Å²) in [5.74, 6) is 0.696. The Labute approximate surface area is 69.2 Å². The number of methoxy groups -OCH3 is 1. The van der Waals surface area contributed by atoms with Gasteiger partial charge in [0.1, 0.15) is 5.82 Å². The number of hydrogen-bond donors (Lipinski definition) is 1. The van der Waals surface area contributed by atoms with Crippen LogP contribution >= 0.6 is 0 Å². The summed E-state index contributed by atoms with van der Waals surface area (Å²) in [6, 6.07) is 0.195. The monoisotopic (exact) mass is 165 g/mol. The summed E-state index contributed by atoms with van der Waals surface area (Å²) in [5.41, 5.74) is 0. The summed E-state index contributed by atoms with van der Waals surface area (Å²) in [6.07, 6.45) is 1.70. The Morgan fingerprint density at radius 3 is 2.75 bits per heavy atom. The number of nitriles is 1. The minimum absolute atomic E-state index is 0.195. The first-order chi connectivity index (χ1) is 5.76. The molecular weight excluding hydrogens is 158 g/mol. The van der Waals surface area contributed by atoms with E-state index in [0.717, 1.165) is 0 Å². The van der Waals surface area contributed by atoms with E-state index in [0.29, 0.717) is 5.82 Å². The van der Waals surface area contributed by atoms with E-state index in [1.807, 2.05) is 0 Å². The first-order valence-electron chi connectivity index (χ1n) is 3.18. The van der Waals surface area contributed by atoms with Crippen LogP contribution in [-0.4, -0.2) is 22.1 Å². The molecule has 0 amide bonds. The van der Waals surface area contributed by atoms with Gasteiger partial charge in [-0.1, -0.05) is 0 Å². The Balaban J connectivity index is 2.99. The van der Waals surface area contributed by atoms with Gasteiger partial charge >= 0.3 is 6.01 Å². The summed E-state index contributed by atoms with van der Waals surface area (Å²) < 4.78 is 4.77. The van der Waals surface area contributed by atoms with Crippen molar-refractivity contribution in [3.8, 4) is 12.2 Å². The lowest BCUT2D eigenvalue weighted by molar-refractivity contribution is 0.377. The van der Waals surface area contributed by atoms with E-state index in [9.17, 15) is 0 Å². The van der Waals surface area contributed by atoms with E-state index < -0.39 is 0 Å². The lowest BCUT2D eigenvalue weighted by atomic mass is 10.7. The zero-order valence-corrected chi connectivity index (χ0v) is 6.70. The molecule has 62 valence electrons. The van der Waals surface area contributed by atoms with Gasteiger partial charge in [-0.25, -0.2) is 0 Å². The predicted octanol–water partition coefficient (Wildman–Crippen LogP) is 0.0816. The number of ether oxygens (including phenoxy) is 1. The Morgan fingerprint density at radius 2 is 2.17 bits per heavy atom. The molecule has 0 aromatic carbocycles. The van der Waals surface area contributed by atoms with Crippen molar-refractivity contribution in [3.63, 3.8) is 0 Å². The Hall–Kier alpha value is -1.90. The first-order valence-corrected chi connectivity index (χ1v) is 3.18. The van der Waals surface area contributed by atoms with Gasteiger partial charge in [0.2, 0.25) is 5.95 Å². The van der Waals surface area contributed by atoms with Crippen molar-refractivity contribution in [2.75, 3.05) is 12.4 Å². The van der Waals surface area contributed by atoms with Gasteiger partial charge in [0.15, 0.2) is 6.19 Å². The van der Waals surface area contributed by atoms with Crippen molar-refractivity contribution in [2.24, 2.45) is 0 Å². The molecule has 0 fully saturated rings. The highest BCUT2D eigenvalue weighted by Crippen LogP contribution is 2.05. The Kier molecular flexibility index (Phi) is 2.38. The minimum Gasteiger partial charge on any atom is -0.467 e. The molecule has 0 unspecified atom stereocenters. The van der Waals surface area contributed by atoms with E-state index in [2.05, 4.69) is 20.3 Å². The van der Waals surface area contributed by atoms with Crippen LogP contribution in [0.3, 0.4) is 0 Å². The molecule has 0 bridgehead atoms. The highest BCUT2D eigenvalue weighted by Gasteiger charge is 2.01. The molecule has 0 saturated carbocycles. The molecule has 0 aliphatic rings. The van der Waals surface area contributed by atoms with Crippen LogP contribution in [0, 0.1) is 18.4 Å². The van der Waals surface area contributed by atoms with Crippen molar-refractivity contribution in [2.45, 2.75) is 6.92 Å². The van der Waals surface area contributed by atoms with Gasteiger partial charge in [-0.3, -0.25) is 5.32 Å². The Morgan fingerprint density at radius 1 is 1.42 bits per heavy atom. The zero-order valence-electron chi connectivity index (χ0n) is 6.70. The second-order valence-electron chi connectivity index (χ2n) is 1.93. The number of aromatic nitrogens is 3. The largest absolute Gasteiger partial charge is 0.467 e. The van der Waals surface area contributed by atoms with E-state index in [1.54, 1.807) is 13.1 Å². The number of hydrogen-bond acceptors (Lipinski definition) is 6. The van der Waals surface area contributed by atoms with Crippen molar-refractivity contribution >= 4 is 5.95 Å². The quantitative estimate of drug-likeness (QED) is 0.493. The lowest BCUT2D eigenvalue weighted by Crippen LogP contribution is -2.02. The van der Waals surface area contributed by atoms with Crippen molar-refractivity contribution in [3.05, 3.63) is 5.82 Å². The topological polar surface area (TPSA) is 83.7 Å². The van der Waals surface area contributed by atoms with Gasteiger partial charge in [0.25, 0.3) is 0 Å². The standard InChI is InChI=1S/C6H7N5O/c1-4-9-5(8-3-7)11-6(10-4)12-2/h1-2H3,(H,8,9,10,11). The number of nitrogens with zero attached hydrogens (tertiary/aromatic N) is 4. The molecule has 1 rings (SSSR count). The normalized spacial score (nSPS) is 8.75. The minimum atomic E-state index is 0.195. The van der Waals surface area contributed by atoms with Gasteiger partial charge in [0, 0.05) is 0 Å². The summed E-state index contributed by atoms with van der Waals surface area (Å²) in [5, 5.41) is 10.6. The number of aryl methyl sites for hydroxylation is 1. The molecular formula is C6H7N5O. The van der Waals surface area contributed by atoms with Crippen molar-refractivity contribution in [1.29, 1.82) is 5.26 Å². The summed E-state index contributed by atoms with van der Waals surface area (Å²) in [6.45, 7) is 1.69. The van der Waals surface area contributed by atoms with Crippen LogP contribution < -0.4 is 10.1 Å². The average molecular weight is 165 g/mol. The summed E-state index contributed by atoms with van der Waals surface area (Å²) in [7, 11) is 1.45. The van der Waals surface area contributed by atoms with Crippen LogP contribution in [-0.2, 0) is 0 Å². The molecule has 1 aromatic heterocycles. The van der Waals surface area contributed by atoms with Crippen molar-refractivity contribution in [1.82, 2.24) is 15.0 Å². The van der Waals surface area contributed by atoms with Crippen LogP contribution in [0.15, 0.2) is 0 Å². The third-order valence-corrected chi connectivity index (χ3v) is 1.08. The second-order valence-corrected chi connectivity index (χ2v) is 1.93. The fourth-order valence-corrected chi connectivity index (χ4v) is 0.654. The molecule has 0 atom stereocenters. The third-order valence-electron chi connectivity index (χ3n) is 1.08. The molecule has 0 radical (unpaired) electrons. The molecule has 0 aliphatic carbocycles. The van der Waals surface area contributed by atoms with Gasteiger partial charge in [-0.2, -0.15) is 20.2 Å². The van der Waals surface area contributed by atoms with E-state index >= 15 is 0 Å². The zero-order chi connectivity index (χ0) is 8.97. The maximum absolute atomic E-state index is 8.27. The molecule has 6 nitrogen and oxygen atoms in total. The van der Waals surface area contributed by atoms with Gasteiger partial charge in [0.05, 0.1) is 7.11 Å². The highest BCUT2D eigenvalue weighted by atomic mass is 16.5.